The zero-order valence-electron chi connectivity index (χ0n) is 15.9. The van der Waals surface area contributed by atoms with Crippen LogP contribution in [0.5, 0.6) is 5.75 Å². The number of rotatable bonds is 10. The number of hydrogen-bond donors (Lipinski definition) is 0. The molecule has 0 aliphatic rings. The molecule has 5 heteroatoms. The van der Waals surface area contributed by atoms with Crippen molar-refractivity contribution in [2.45, 2.75) is 45.4 Å². The Labute approximate surface area is 159 Å². The third-order valence-electron chi connectivity index (χ3n) is 4.28. The van der Waals surface area contributed by atoms with E-state index in [0.29, 0.717) is 12.0 Å². The zero-order chi connectivity index (χ0) is 19.5. The van der Waals surface area contributed by atoms with Crippen molar-refractivity contribution >= 4 is 12.4 Å². The molecule has 27 heavy (non-hydrogen) atoms. The summed E-state index contributed by atoms with van der Waals surface area (Å²) in [5.74, 6) is -0.478. The summed E-state index contributed by atoms with van der Waals surface area (Å²) in [6.45, 7) is 2.16. The Morgan fingerprint density at radius 2 is 1.52 bits per heavy atom. The van der Waals surface area contributed by atoms with Gasteiger partial charge < -0.3 is 4.74 Å². The van der Waals surface area contributed by atoms with Gasteiger partial charge in [-0.1, -0.05) is 32.6 Å². The van der Waals surface area contributed by atoms with Gasteiger partial charge in [-0.05, 0) is 60.4 Å². The van der Waals surface area contributed by atoms with Crippen molar-refractivity contribution in [3.05, 3.63) is 64.7 Å². The van der Waals surface area contributed by atoms with Gasteiger partial charge in [0.25, 0.3) is 0 Å². The average molecular weight is 372 g/mol. The van der Waals surface area contributed by atoms with Crippen LogP contribution in [-0.2, 0) is 6.42 Å². The van der Waals surface area contributed by atoms with Gasteiger partial charge in [-0.2, -0.15) is 10.2 Å². The molecule has 0 amide bonds. The van der Waals surface area contributed by atoms with Gasteiger partial charge in [0.15, 0.2) is 0 Å². The molecule has 0 saturated carbocycles. The number of ether oxygens (including phenoxy) is 1. The first-order chi connectivity index (χ1) is 13.1. The maximum Gasteiger partial charge on any atom is 0.135 e. The summed E-state index contributed by atoms with van der Waals surface area (Å²) in [7, 11) is 1.59. The minimum Gasteiger partial charge on any atom is -0.497 e. The number of methoxy groups -OCH3 is 1. The van der Waals surface area contributed by atoms with E-state index in [-0.39, 0.29) is 5.56 Å². The summed E-state index contributed by atoms with van der Waals surface area (Å²) in [5.41, 5.74) is 1.32. The van der Waals surface area contributed by atoms with Crippen LogP contribution < -0.4 is 4.74 Å². The first-order valence-electron chi connectivity index (χ1n) is 9.32. The fourth-order valence-electron chi connectivity index (χ4n) is 2.72. The number of benzene rings is 2. The van der Waals surface area contributed by atoms with Crippen molar-refractivity contribution in [3.63, 3.8) is 0 Å². The quantitative estimate of drug-likeness (QED) is 0.289. The molecule has 0 bridgehead atoms. The van der Waals surface area contributed by atoms with Gasteiger partial charge in [0, 0.05) is 0 Å². The third kappa shape index (κ3) is 6.93. The highest BCUT2D eigenvalue weighted by molar-refractivity contribution is 5.83. The second-order valence-electron chi connectivity index (χ2n) is 6.40. The smallest absolute Gasteiger partial charge is 0.135 e. The predicted octanol–water partition coefficient (Wildman–Crippen LogP) is 5.94. The normalized spacial score (nSPS) is 11.6. The molecule has 0 N–H and O–H groups in total. The molecule has 0 heterocycles. The molecule has 0 aliphatic heterocycles. The highest BCUT2D eigenvalue weighted by atomic mass is 19.1. The molecule has 0 aromatic heterocycles. The van der Waals surface area contributed by atoms with Gasteiger partial charge in [-0.15, -0.1) is 0 Å². The maximum atomic E-state index is 14.2. The lowest BCUT2D eigenvalue weighted by Gasteiger charge is -2.05. The zero-order valence-corrected chi connectivity index (χ0v) is 15.9. The van der Waals surface area contributed by atoms with Crippen LogP contribution >= 0.6 is 0 Å². The Morgan fingerprint density at radius 1 is 0.889 bits per heavy atom. The van der Waals surface area contributed by atoms with Crippen LogP contribution in [0.1, 0.15) is 55.7 Å². The largest absolute Gasteiger partial charge is 0.497 e. The third-order valence-corrected chi connectivity index (χ3v) is 4.28. The van der Waals surface area contributed by atoms with Crippen molar-refractivity contribution in [1.82, 2.24) is 0 Å². The Bertz CT molecular complexity index is 747. The Kier molecular flexibility index (Phi) is 8.62. The summed E-state index contributed by atoms with van der Waals surface area (Å²) in [5, 5.41) is 7.61. The molecule has 3 nitrogen and oxygen atoms in total. The number of halogens is 2. The summed E-state index contributed by atoms with van der Waals surface area (Å²) < 4.78 is 33.4. The molecule has 0 radical (unpaired) electrons. The van der Waals surface area contributed by atoms with Crippen LogP contribution in [0.2, 0.25) is 0 Å². The highest BCUT2D eigenvalue weighted by Gasteiger charge is 2.09. The lowest BCUT2D eigenvalue weighted by molar-refractivity contribution is 0.415. The number of aryl methyl sites for hydroxylation is 1. The van der Waals surface area contributed by atoms with Crippen LogP contribution in [-0.4, -0.2) is 19.5 Å². The summed E-state index contributed by atoms with van der Waals surface area (Å²) in [4.78, 5) is 0. The van der Waals surface area contributed by atoms with E-state index in [1.165, 1.54) is 37.6 Å². The van der Waals surface area contributed by atoms with E-state index >= 15 is 0 Å². The van der Waals surface area contributed by atoms with Crippen molar-refractivity contribution in [1.29, 1.82) is 0 Å². The molecular weight excluding hydrogens is 346 g/mol. The summed E-state index contributed by atoms with van der Waals surface area (Å²) in [6.07, 6.45) is 8.88. The molecule has 0 fully saturated rings. The number of nitrogens with zero attached hydrogens (tertiary/aromatic N) is 2. The molecule has 2 aromatic rings. The van der Waals surface area contributed by atoms with E-state index < -0.39 is 11.6 Å². The molecular formula is C22H26F2N2O. The van der Waals surface area contributed by atoms with Crippen molar-refractivity contribution in [3.8, 4) is 5.75 Å². The van der Waals surface area contributed by atoms with Crippen LogP contribution in [0.4, 0.5) is 8.78 Å². The standard InChI is InChI=1S/C22H26F2N2O/c1-3-4-5-6-7-8-18-13-21(23)20(22(24)14-18)16-26-25-15-17-9-11-19(27-2)12-10-17/h9-16H,3-8H2,1-2H3/b25-15+,26-16+. The number of hydrogen-bond acceptors (Lipinski definition) is 3. The van der Waals surface area contributed by atoms with Gasteiger partial charge in [0.05, 0.1) is 25.1 Å². The number of unbranched alkanes of at least 4 members (excludes halogenated alkanes) is 4. The van der Waals surface area contributed by atoms with Crippen molar-refractivity contribution in [2.75, 3.05) is 7.11 Å². The Balaban J connectivity index is 1.94. The van der Waals surface area contributed by atoms with E-state index in [1.807, 2.05) is 12.1 Å². The lowest BCUT2D eigenvalue weighted by atomic mass is 10.0. The molecule has 2 rings (SSSR count). The van der Waals surface area contributed by atoms with Gasteiger partial charge in [-0.3, -0.25) is 0 Å². The molecule has 0 spiro atoms. The van der Waals surface area contributed by atoms with Crippen LogP contribution in [0, 0.1) is 11.6 Å². The summed E-state index contributed by atoms with van der Waals surface area (Å²) in [6, 6.07) is 9.99. The van der Waals surface area contributed by atoms with E-state index in [2.05, 4.69) is 17.1 Å². The lowest BCUT2D eigenvalue weighted by Crippen LogP contribution is -1.98. The minimum atomic E-state index is -0.609. The first-order valence-corrected chi connectivity index (χ1v) is 9.32. The second kappa shape index (κ2) is 11.2. The minimum absolute atomic E-state index is 0.170. The molecule has 2 aromatic carbocycles. The van der Waals surface area contributed by atoms with Gasteiger partial charge in [-0.25, -0.2) is 8.78 Å². The maximum absolute atomic E-state index is 14.2. The molecule has 0 aliphatic carbocycles. The molecule has 0 saturated heterocycles. The van der Waals surface area contributed by atoms with Gasteiger partial charge >= 0.3 is 0 Å². The summed E-state index contributed by atoms with van der Waals surface area (Å²) >= 11 is 0. The van der Waals surface area contributed by atoms with Gasteiger partial charge in [0.1, 0.15) is 17.4 Å². The Hall–Kier alpha value is -2.56. The monoisotopic (exact) mass is 372 g/mol. The van der Waals surface area contributed by atoms with E-state index in [9.17, 15) is 8.78 Å². The first kappa shape index (κ1) is 20.7. The topological polar surface area (TPSA) is 34.0 Å². The van der Waals surface area contributed by atoms with Crippen LogP contribution in [0.3, 0.4) is 0 Å². The molecule has 144 valence electrons. The fraction of sp³-hybridized carbons (Fsp3) is 0.364. The molecule has 0 atom stereocenters. The highest BCUT2D eigenvalue weighted by Crippen LogP contribution is 2.17. The van der Waals surface area contributed by atoms with Crippen LogP contribution in [0.15, 0.2) is 46.6 Å². The average Bonchev–Trinajstić information content (AvgIpc) is 2.67. The SMILES string of the molecule is CCCCCCCc1cc(F)c(/C=N/N=C/c2ccc(OC)cc2)c(F)c1. The van der Waals surface area contributed by atoms with Gasteiger partial charge in [0.2, 0.25) is 0 Å². The second-order valence-corrected chi connectivity index (χ2v) is 6.40. The van der Waals surface area contributed by atoms with Crippen molar-refractivity contribution in [2.24, 2.45) is 10.2 Å². The fourth-order valence-corrected chi connectivity index (χ4v) is 2.72. The van der Waals surface area contributed by atoms with E-state index in [4.69, 9.17) is 4.74 Å². The van der Waals surface area contributed by atoms with Crippen LogP contribution in [0.25, 0.3) is 0 Å². The van der Waals surface area contributed by atoms with E-state index in [0.717, 1.165) is 30.4 Å². The molecule has 0 unspecified atom stereocenters. The van der Waals surface area contributed by atoms with E-state index in [1.54, 1.807) is 19.2 Å². The Morgan fingerprint density at radius 3 is 2.15 bits per heavy atom. The van der Waals surface area contributed by atoms with Crippen molar-refractivity contribution < 1.29 is 13.5 Å². The predicted molar refractivity (Wildman–Crippen MR) is 107 cm³/mol.